The molecule has 1 aliphatic rings. The van der Waals surface area contributed by atoms with Gasteiger partial charge in [-0.1, -0.05) is 24.3 Å². The molecule has 3 rings (SSSR count). The highest BCUT2D eigenvalue weighted by molar-refractivity contribution is 14.0. The lowest BCUT2D eigenvalue weighted by Gasteiger charge is -2.23. The van der Waals surface area contributed by atoms with Gasteiger partial charge in [0.15, 0.2) is 5.96 Å². The van der Waals surface area contributed by atoms with E-state index in [4.69, 9.17) is 14.5 Å². The number of nitrogens with zero attached hydrogens (tertiary/aromatic N) is 3. The van der Waals surface area contributed by atoms with Gasteiger partial charge in [-0.15, -0.1) is 24.0 Å². The standard InChI is InChI=1S/C25H34N4O3.HI/c1-5-26-25(28(2)18-21-11-12-22(31-3)15-23(21)32-4)27-16-19-8-6-9-20(14-19)17-29-13-7-10-24(29)30;/h6,8-9,11-12,14-15H,5,7,10,13,16-18H2,1-4H3,(H,26,27);1H. The second kappa shape index (κ2) is 13.3. The maximum Gasteiger partial charge on any atom is 0.222 e. The van der Waals surface area contributed by atoms with Crippen LogP contribution in [0.4, 0.5) is 0 Å². The van der Waals surface area contributed by atoms with Crippen molar-refractivity contribution < 1.29 is 14.3 Å². The summed E-state index contributed by atoms with van der Waals surface area (Å²) in [6.07, 6.45) is 1.63. The van der Waals surface area contributed by atoms with Crippen LogP contribution in [0.15, 0.2) is 47.5 Å². The van der Waals surface area contributed by atoms with Crippen LogP contribution in [0.5, 0.6) is 11.5 Å². The summed E-state index contributed by atoms with van der Waals surface area (Å²) < 4.78 is 10.8. The molecule has 0 bridgehead atoms. The van der Waals surface area contributed by atoms with E-state index < -0.39 is 0 Å². The Balaban J connectivity index is 0.00000385. The molecule has 1 N–H and O–H groups in total. The van der Waals surface area contributed by atoms with E-state index in [1.165, 1.54) is 0 Å². The quantitative estimate of drug-likeness (QED) is 0.282. The van der Waals surface area contributed by atoms with Crippen LogP contribution in [0.3, 0.4) is 0 Å². The van der Waals surface area contributed by atoms with E-state index in [9.17, 15) is 4.79 Å². The molecule has 1 aliphatic heterocycles. The largest absolute Gasteiger partial charge is 0.497 e. The van der Waals surface area contributed by atoms with Gasteiger partial charge in [0.2, 0.25) is 5.91 Å². The second-order valence-electron chi connectivity index (χ2n) is 7.94. The zero-order valence-electron chi connectivity index (χ0n) is 20.0. The molecule has 1 amide bonds. The highest BCUT2D eigenvalue weighted by Crippen LogP contribution is 2.25. The summed E-state index contributed by atoms with van der Waals surface area (Å²) in [7, 11) is 5.33. The number of benzene rings is 2. The number of halogens is 1. The molecule has 0 spiro atoms. The number of likely N-dealkylation sites (tertiary alicyclic amines) is 1. The third-order valence-corrected chi connectivity index (χ3v) is 5.55. The van der Waals surface area contributed by atoms with E-state index in [0.717, 1.165) is 53.7 Å². The summed E-state index contributed by atoms with van der Waals surface area (Å²) in [5, 5.41) is 3.37. The van der Waals surface area contributed by atoms with Crippen molar-refractivity contribution >= 4 is 35.8 Å². The first kappa shape index (κ1) is 26.8. The molecule has 2 aromatic rings. The van der Waals surface area contributed by atoms with Crippen molar-refractivity contribution in [1.82, 2.24) is 15.1 Å². The fraction of sp³-hybridized carbons (Fsp3) is 0.440. The van der Waals surface area contributed by atoms with E-state index in [1.807, 2.05) is 36.2 Å². The van der Waals surface area contributed by atoms with E-state index >= 15 is 0 Å². The monoisotopic (exact) mass is 566 g/mol. The Kier molecular flexibility index (Phi) is 10.8. The van der Waals surface area contributed by atoms with Crippen LogP contribution >= 0.6 is 24.0 Å². The van der Waals surface area contributed by atoms with Crippen molar-refractivity contribution in [3.63, 3.8) is 0 Å². The highest BCUT2D eigenvalue weighted by atomic mass is 127. The molecular formula is C25H35IN4O3. The molecule has 180 valence electrons. The van der Waals surface area contributed by atoms with Gasteiger partial charge in [0.05, 0.1) is 20.8 Å². The smallest absolute Gasteiger partial charge is 0.222 e. The van der Waals surface area contributed by atoms with Crippen molar-refractivity contribution in [2.24, 2.45) is 4.99 Å². The number of guanidine groups is 1. The molecule has 1 saturated heterocycles. The van der Waals surface area contributed by atoms with E-state index in [-0.39, 0.29) is 29.9 Å². The van der Waals surface area contributed by atoms with Crippen molar-refractivity contribution in [2.45, 2.75) is 39.4 Å². The van der Waals surface area contributed by atoms with Gasteiger partial charge < -0.3 is 24.6 Å². The number of nitrogens with one attached hydrogen (secondary N) is 1. The molecular weight excluding hydrogens is 531 g/mol. The van der Waals surface area contributed by atoms with E-state index in [0.29, 0.717) is 26.1 Å². The van der Waals surface area contributed by atoms with Crippen LogP contribution in [0, 0.1) is 0 Å². The minimum absolute atomic E-state index is 0. The first-order chi connectivity index (χ1) is 15.5. The molecule has 8 heteroatoms. The number of rotatable bonds is 9. The minimum atomic E-state index is 0. The van der Waals surface area contributed by atoms with Gasteiger partial charge in [0.1, 0.15) is 11.5 Å². The molecule has 1 heterocycles. The third-order valence-electron chi connectivity index (χ3n) is 5.55. The highest BCUT2D eigenvalue weighted by Gasteiger charge is 2.20. The van der Waals surface area contributed by atoms with Crippen molar-refractivity contribution in [2.75, 3.05) is 34.4 Å². The Bertz CT molecular complexity index is 951. The number of ether oxygens (including phenoxy) is 2. The molecule has 0 aliphatic carbocycles. The lowest BCUT2D eigenvalue weighted by molar-refractivity contribution is -0.128. The molecule has 7 nitrogen and oxygen atoms in total. The number of amides is 1. The summed E-state index contributed by atoms with van der Waals surface area (Å²) in [5.74, 6) is 2.63. The maximum atomic E-state index is 11.9. The van der Waals surface area contributed by atoms with Gasteiger partial charge in [0, 0.05) is 51.3 Å². The first-order valence-corrected chi connectivity index (χ1v) is 11.1. The Morgan fingerprint density at radius 1 is 1.15 bits per heavy atom. The van der Waals surface area contributed by atoms with Crippen molar-refractivity contribution in [1.29, 1.82) is 0 Å². The zero-order chi connectivity index (χ0) is 22.9. The van der Waals surface area contributed by atoms with Gasteiger partial charge in [-0.25, -0.2) is 4.99 Å². The SMILES string of the molecule is CCNC(=NCc1cccc(CN2CCCC2=O)c1)N(C)Cc1ccc(OC)cc1OC.I. The first-order valence-electron chi connectivity index (χ1n) is 11.1. The molecule has 0 radical (unpaired) electrons. The van der Waals surface area contributed by atoms with Crippen LogP contribution in [0.2, 0.25) is 0 Å². The number of aliphatic imine (C=N–C) groups is 1. The normalized spacial score (nSPS) is 13.5. The van der Waals surface area contributed by atoms with Crippen LogP contribution in [0.1, 0.15) is 36.5 Å². The summed E-state index contributed by atoms with van der Waals surface area (Å²) >= 11 is 0. The summed E-state index contributed by atoms with van der Waals surface area (Å²) in [5.41, 5.74) is 3.33. The predicted molar refractivity (Wildman–Crippen MR) is 142 cm³/mol. The number of carbonyl (C=O) groups excluding carboxylic acids is 1. The van der Waals surface area contributed by atoms with Gasteiger partial charge >= 0.3 is 0 Å². The summed E-state index contributed by atoms with van der Waals surface area (Å²) in [6.45, 7) is 5.58. The fourth-order valence-electron chi connectivity index (χ4n) is 3.87. The van der Waals surface area contributed by atoms with Crippen LogP contribution in [0.25, 0.3) is 0 Å². The Labute approximate surface area is 214 Å². The summed E-state index contributed by atoms with van der Waals surface area (Å²) in [6, 6.07) is 14.2. The Morgan fingerprint density at radius 2 is 1.94 bits per heavy atom. The van der Waals surface area contributed by atoms with Gasteiger partial charge in [0.25, 0.3) is 0 Å². The lowest BCUT2D eigenvalue weighted by atomic mass is 10.1. The van der Waals surface area contributed by atoms with Crippen LogP contribution < -0.4 is 14.8 Å². The third kappa shape index (κ3) is 7.52. The molecule has 0 saturated carbocycles. The number of methoxy groups -OCH3 is 2. The van der Waals surface area contributed by atoms with Gasteiger partial charge in [-0.05, 0) is 36.6 Å². The Morgan fingerprint density at radius 3 is 2.61 bits per heavy atom. The average Bonchev–Trinajstić information content (AvgIpc) is 3.21. The Hall–Kier alpha value is -2.49. The molecule has 0 aromatic heterocycles. The lowest BCUT2D eigenvalue weighted by Crippen LogP contribution is -2.38. The summed E-state index contributed by atoms with van der Waals surface area (Å²) in [4.78, 5) is 20.8. The maximum absolute atomic E-state index is 11.9. The predicted octanol–water partition coefficient (Wildman–Crippen LogP) is 4.04. The van der Waals surface area contributed by atoms with Gasteiger partial charge in [-0.3, -0.25) is 4.79 Å². The van der Waals surface area contributed by atoms with Crippen molar-refractivity contribution in [3.05, 3.63) is 59.2 Å². The fourth-order valence-corrected chi connectivity index (χ4v) is 3.87. The molecule has 33 heavy (non-hydrogen) atoms. The van der Waals surface area contributed by atoms with Crippen LogP contribution in [-0.4, -0.2) is 56.0 Å². The molecule has 2 aromatic carbocycles. The molecule has 1 fully saturated rings. The number of hydrogen-bond donors (Lipinski definition) is 1. The van der Waals surface area contributed by atoms with Crippen molar-refractivity contribution in [3.8, 4) is 11.5 Å². The second-order valence-corrected chi connectivity index (χ2v) is 7.94. The molecule has 0 unspecified atom stereocenters. The topological polar surface area (TPSA) is 66.4 Å². The van der Waals surface area contributed by atoms with Gasteiger partial charge in [-0.2, -0.15) is 0 Å². The minimum Gasteiger partial charge on any atom is -0.497 e. The number of carbonyl (C=O) groups is 1. The average molecular weight is 566 g/mol. The number of hydrogen-bond acceptors (Lipinski definition) is 4. The molecule has 0 atom stereocenters. The van der Waals surface area contributed by atoms with E-state index in [2.05, 4.69) is 35.3 Å². The van der Waals surface area contributed by atoms with E-state index in [1.54, 1.807) is 14.2 Å². The van der Waals surface area contributed by atoms with Crippen LogP contribution in [-0.2, 0) is 24.4 Å². The zero-order valence-corrected chi connectivity index (χ0v) is 22.3.